The SMILES string of the molecule is CCCCCCC(=O)N(CCc1ccccc1)C(CC)c1nc2ccccc2c(=O)n1-c1ccccc1OC. The maximum absolute atomic E-state index is 14.0. The quantitative estimate of drug-likeness (QED) is 0.178. The van der Waals surface area contributed by atoms with Crippen LogP contribution in [0.25, 0.3) is 16.6 Å². The molecule has 3 aromatic carbocycles. The van der Waals surface area contributed by atoms with Crippen molar-refractivity contribution in [3.63, 3.8) is 0 Å². The number of unbranched alkanes of at least 4 members (excludes halogenated alkanes) is 3. The van der Waals surface area contributed by atoms with Crippen molar-refractivity contribution in [2.75, 3.05) is 13.7 Å². The fourth-order valence-electron chi connectivity index (χ4n) is 5.16. The second kappa shape index (κ2) is 13.7. The monoisotopic (exact) mass is 525 g/mol. The second-order valence-corrected chi connectivity index (χ2v) is 9.86. The van der Waals surface area contributed by atoms with Crippen molar-refractivity contribution in [2.24, 2.45) is 0 Å². The van der Waals surface area contributed by atoms with E-state index >= 15 is 0 Å². The largest absolute Gasteiger partial charge is 0.495 e. The number of benzene rings is 3. The molecule has 39 heavy (non-hydrogen) atoms. The van der Waals surface area contributed by atoms with Crippen LogP contribution in [-0.2, 0) is 11.2 Å². The molecule has 0 N–H and O–H groups in total. The molecular formula is C33H39N3O3. The molecule has 0 bridgehead atoms. The van der Waals surface area contributed by atoms with Gasteiger partial charge in [-0.15, -0.1) is 0 Å². The number of para-hydroxylation sites is 3. The minimum Gasteiger partial charge on any atom is -0.495 e. The molecule has 0 aliphatic carbocycles. The number of rotatable bonds is 13. The van der Waals surface area contributed by atoms with E-state index in [0.717, 1.165) is 32.1 Å². The molecule has 1 aromatic heterocycles. The smallest absolute Gasteiger partial charge is 0.266 e. The second-order valence-electron chi connectivity index (χ2n) is 9.86. The zero-order valence-corrected chi connectivity index (χ0v) is 23.3. The van der Waals surface area contributed by atoms with Gasteiger partial charge in [-0.2, -0.15) is 0 Å². The van der Waals surface area contributed by atoms with E-state index in [1.807, 2.05) is 65.6 Å². The Labute approximate surface area is 231 Å². The first-order chi connectivity index (χ1) is 19.1. The van der Waals surface area contributed by atoms with Crippen molar-refractivity contribution in [1.82, 2.24) is 14.5 Å². The molecule has 0 radical (unpaired) electrons. The highest BCUT2D eigenvalue weighted by Crippen LogP contribution is 2.30. The third-order valence-corrected chi connectivity index (χ3v) is 7.24. The van der Waals surface area contributed by atoms with Crippen LogP contribution in [0, 0.1) is 0 Å². The van der Waals surface area contributed by atoms with Gasteiger partial charge < -0.3 is 9.64 Å². The lowest BCUT2D eigenvalue weighted by molar-refractivity contribution is -0.134. The van der Waals surface area contributed by atoms with Gasteiger partial charge >= 0.3 is 0 Å². The van der Waals surface area contributed by atoms with Crippen LogP contribution in [0.15, 0.2) is 83.7 Å². The molecule has 1 unspecified atom stereocenters. The van der Waals surface area contributed by atoms with Crippen molar-refractivity contribution in [3.8, 4) is 11.4 Å². The summed E-state index contributed by atoms with van der Waals surface area (Å²) in [5.41, 5.74) is 2.25. The number of carbonyl (C=O) groups excluding carboxylic acids is 1. The van der Waals surface area contributed by atoms with Crippen LogP contribution in [0.1, 0.15) is 69.8 Å². The molecular weight excluding hydrogens is 486 g/mol. The van der Waals surface area contributed by atoms with E-state index in [1.54, 1.807) is 17.7 Å². The first-order valence-electron chi connectivity index (χ1n) is 14.1. The number of amides is 1. The van der Waals surface area contributed by atoms with Crippen LogP contribution >= 0.6 is 0 Å². The van der Waals surface area contributed by atoms with Crippen molar-refractivity contribution in [1.29, 1.82) is 0 Å². The number of fused-ring (bicyclic) bond motifs is 1. The van der Waals surface area contributed by atoms with Crippen LogP contribution in [-0.4, -0.2) is 34.0 Å². The Morgan fingerprint density at radius 2 is 1.64 bits per heavy atom. The van der Waals surface area contributed by atoms with Gasteiger partial charge in [-0.3, -0.25) is 14.2 Å². The van der Waals surface area contributed by atoms with E-state index in [-0.39, 0.29) is 17.5 Å². The predicted molar refractivity (Wildman–Crippen MR) is 158 cm³/mol. The Morgan fingerprint density at radius 1 is 0.923 bits per heavy atom. The summed E-state index contributed by atoms with van der Waals surface area (Å²) in [6.45, 7) is 4.77. The van der Waals surface area contributed by atoms with Gasteiger partial charge in [0.25, 0.3) is 5.56 Å². The Morgan fingerprint density at radius 3 is 2.38 bits per heavy atom. The highest BCUT2D eigenvalue weighted by molar-refractivity contribution is 5.79. The van der Waals surface area contributed by atoms with Gasteiger partial charge in [0, 0.05) is 13.0 Å². The standard InChI is InChI=1S/C33H39N3O3/c1-4-6-7-11-22-31(37)35(24-23-25-16-9-8-10-17-25)28(5-2)32-34-27-19-13-12-18-26(27)33(38)36(32)29-20-14-15-21-30(29)39-3/h8-10,12-21,28H,4-7,11,22-24H2,1-3H3. The van der Waals surface area contributed by atoms with Crippen LogP contribution in [0.2, 0.25) is 0 Å². The van der Waals surface area contributed by atoms with Crippen LogP contribution < -0.4 is 10.3 Å². The topological polar surface area (TPSA) is 64.4 Å². The molecule has 0 aliphatic heterocycles. The van der Waals surface area contributed by atoms with Crippen LogP contribution in [0.5, 0.6) is 5.75 Å². The molecule has 0 spiro atoms. The number of hydrogen-bond donors (Lipinski definition) is 0. The van der Waals surface area contributed by atoms with Gasteiger partial charge in [0.05, 0.1) is 29.7 Å². The Bertz CT molecular complexity index is 1430. The maximum Gasteiger partial charge on any atom is 0.266 e. The number of nitrogens with zero attached hydrogens (tertiary/aromatic N) is 3. The van der Waals surface area contributed by atoms with E-state index in [0.29, 0.717) is 47.6 Å². The van der Waals surface area contributed by atoms with Crippen molar-refractivity contribution in [2.45, 2.75) is 64.8 Å². The highest BCUT2D eigenvalue weighted by atomic mass is 16.5. The van der Waals surface area contributed by atoms with E-state index in [9.17, 15) is 9.59 Å². The first kappa shape index (κ1) is 28.1. The van der Waals surface area contributed by atoms with Gasteiger partial charge in [-0.25, -0.2) is 4.98 Å². The molecule has 0 aliphatic rings. The fourth-order valence-corrected chi connectivity index (χ4v) is 5.16. The van der Waals surface area contributed by atoms with Crippen LogP contribution in [0.3, 0.4) is 0 Å². The lowest BCUT2D eigenvalue weighted by Gasteiger charge is -2.33. The average Bonchev–Trinajstić information content (AvgIpc) is 2.98. The Hall–Kier alpha value is -3.93. The van der Waals surface area contributed by atoms with E-state index < -0.39 is 0 Å². The molecule has 204 valence electrons. The van der Waals surface area contributed by atoms with E-state index in [2.05, 4.69) is 26.0 Å². The highest BCUT2D eigenvalue weighted by Gasteiger charge is 2.29. The lowest BCUT2D eigenvalue weighted by atomic mass is 10.1. The van der Waals surface area contributed by atoms with Gasteiger partial charge in [-0.1, -0.05) is 87.7 Å². The first-order valence-corrected chi connectivity index (χ1v) is 14.1. The molecule has 1 heterocycles. The summed E-state index contributed by atoms with van der Waals surface area (Å²) in [6.07, 6.45) is 5.96. The third-order valence-electron chi connectivity index (χ3n) is 7.24. The van der Waals surface area contributed by atoms with Gasteiger partial charge in [0.15, 0.2) is 0 Å². The van der Waals surface area contributed by atoms with E-state index in [4.69, 9.17) is 9.72 Å². The summed E-state index contributed by atoms with van der Waals surface area (Å²) >= 11 is 0. The number of carbonyl (C=O) groups is 1. The van der Waals surface area contributed by atoms with Gasteiger partial charge in [-0.05, 0) is 49.1 Å². The van der Waals surface area contributed by atoms with Crippen molar-refractivity contribution < 1.29 is 9.53 Å². The molecule has 0 saturated heterocycles. The number of aromatic nitrogens is 2. The summed E-state index contributed by atoms with van der Waals surface area (Å²) in [4.78, 5) is 34.8. The maximum atomic E-state index is 14.0. The molecule has 6 nitrogen and oxygen atoms in total. The normalized spacial score (nSPS) is 11.9. The molecule has 0 fully saturated rings. The number of methoxy groups -OCH3 is 1. The van der Waals surface area contributed by atoms with E-state index in [1.165, 1.54) is 5.56 Å². The van der Waals surface area contributed by atoms with Crippen LogP contribution in [0.4, 0.5) is 0 Å². The van der Waals surface area contributed by atoms with Crippen molar-refractivity contribution in [3.05, 3.63) is 101 Å². The summed E-state index contributed by atoms with van der Waals surface area (Å²) in [6, 6.07) is 24.7. The summed E-state index contributed by atoms with van der Waals surface area (Å²) in [5, 5.41) is 0.531. The zero-order valence-electron chi connectivity index (χ0n) is 23.3. The van der Waals surface area contributed by atoms with Crippen molar-refractivity contribution >= 4 is 16.8 Å². The molecule has 1 amide bonds. The molecule has 1 atom stereocenters. The fraction of sp³-hybridized carbons (Fsp3) is 0.364. The zero-order chi connectivity index (χ0) is 27.6. The van der Waals surface area contributed by atoms with Gasteiger partial charge in [0.1, 0.15) is 11.6 Å². The summed E-state index contributed by atoms with van der Waals surface area (Å²) < 4.78 is 7.30. The summed E-state index contributed by atoms with van der Waals surface area (Å²) in [7, 11) is 1.60. The molecule has 4 rings (SSSR count). The minimum atomic E-state index is -0.380. The molecule has 4 aromatic rings. The lowest BCUT2D eigenvalue weighted by Crippen LogP contribution is -2.39. The Balaban J connectivity index is 1.84. The predicted octanol–water partition coefficient (Wildman–Crippen LogP) is 6.89. The summed E-state index contributed by atoms with van der Waals surface area (Å²) in [5.74, 6) is 1.23. The third kappa shape index (κ3) is 6.56. The number of hydrogen-bond acceptors (Lipinski definition) is 4. The number of ether oxygens (including phenoxy) is 1. The molecule has 0 saturated carbocycles. The molecule has 6 heteroatoms. The average molecular weight is 526 g/mol. The minimum absolute atomic E-state index is 0.0999. The van der Waals surface area contributed by atoms with Gasteiger partial charge in [0.2, 0.25) is 5.91 Å². The Kier molecular flexibility index (Phi) is 9.90.